The van der Waals surface area contributed by atoms with Crippen LogP contribution in [0.25, 0.3) is 6.08 Å². The molecule has 2 aromatic rings. The van der Waals surface area contributed by atoms with Gasteiger partial charge in [0.05, 0.1) is 8.95 Å². The first-order valence-electron chi connectivity index (χ1n) is 8.37. The fourth-order valence-corrected chi connectivity index (χ4v) is 4.16. The van der Waals surface area contributed by atoms with Gasteiger partial charge in [0.15, 0.2) is 0 Å². The highest BCUT2D eigenvalue weighted by atomic mass is 79.9. The maximum atomic E-state index is 13.8. The predicted molar refractivity (Wildman–Crippen MR) is 111 cm³/mol. The molecule has 0 aromatic heterocycles. The Hall–Kier alpha value is -2.52. The van der Waals surface area contributed by atoms with Gasteiger partial charge in [0.25, 0.3) is 11.8 Å². The van der Waals surface area contributed by atoms with Crippen LogP contribution in [0.4, 0.5) is 9.18 Å². The van der Waals surface area contributed by atoms with Crippen LogP contribution in [0.1, 0.15) is 11.1 Å². The number of likely N-dealkylation sites (N-methyl/N-ethyl adjacent to an activating group) is 2. The fourth-order valence-electron chi connectivity index (χ4n) is 2.71. The Morgan fingerprint density at radius 1 is 1.00 bits per heavy atom. The van der Waals surface area contributed by atoms with Gasteiger partial charge >= 0.3 is 6.03 Å². The van der Waals surface area contributed by atoms with Crippen molar-refractivity contribution in [1.82, 2.24) is 9.80 Å². The molecule has 1 aliphatic rings. The first-order valence-corrected chi connectivity index (χ1v) is 9.96. The molecule has 1 heterocycles. The second-order valence-corrected chi connectivity index (χ2v) is 7.97. The van der Waals surface area contributed by atoms with Gasteiger partial charge in [-0.05, 0) is 61.7 Å². The second kappa shape index (κ2) is 8.46. The lowest BCUT2D eigenvalue weighted by Crippen LogP contribution is -2.52. The second-order valence-electron chi connectivity index (χ2n) is 6.26. The van der Waals surface area contributed by atoms with Gasteiger partial charge < -0.3 is 4.74 Å². The largest absolute Gasteiger partial charge is 0.486 e. The number of ether oxygens (including phenoxy) is 1. The number of urea groups is 1. The standard InChI is InChI=1S/C20H15Br2FN2O4/c1-24-18(26)13(19(27)25(2)20(24)28)7-11-8-14(21)17(15(22)9-11)29-10-12-5-3-4-6-16(12)23/h3-9H,10H2,1-2H3. The summed E-state index contributed by atoms with van der Waals surface area (Å²) in [7, 11) is 2.62. The summed E-state index contributed by atoms with van der Waals surface area (Å²) in [6.07, 6.45) is 1.40. The van der Waals surface area contributed by atoms with E-state index in [1.807, 2.05) is 0 Å². The molecule has 6 nitrogen and oxygen atoms in total. The average molecular weight is 526 g/mol. The van der Waals surface area contributed by atoms with Crippen molar-refractivity contribution in [2.75, 3.05) is 14.1 Å². The first kappa shape index (κ1) is 21.2. The highest BCUT2D eigenvalue weighted by Crippen LogP contribution is 2.36. The van der Waals surface area contributed by atoms with E-state index in [1.165, 1.54) is 26.2 Å². The molecular formula is C20H15Br2FN2O4. The van der Waals surface area contributed by atoms with Gasteiger partial charge in [0.2, 0.25) is 0 Å². The number of hydrogen-bond acceptors (Lipinski definition) is 4. The molecule has 3 rings (SSSR count). The zero-order chi connectivity index (χ0) is 21.3. The summed E-state index contributed by atoms with van der Waals surface area (Å²) in [6.45, 7) is 0.0268. The number of carbonyl (C=O) groups excluding carboxylic acids is 3. The average Bonchev–Trinajstić information content (AvgIpc) is 2.69. The molecule has 0 N–H and O–H groups in total. The van der Waals surface area contributed by atoms with Gasteiger partial charge in [-0.2, -0.15) is 0 Å². The van der Waals surface area contributed by atoms with E-state index in [4.69, 9.17) is 4.74 Å². The molecule has 29 heavy (non-hydrogen) atoms. The summed E-state index contributed by atoms with van der Waals surface area (Å²) in [6, 6.07) is 8.94. The lowest BCUT2D eigenvalue weighted by molar-refractivity contribution is -0.134. The van der Waals surface area contributed by atoms with Crippen LogP contribution in [-0.2, 0) is 16.2 Å². The molecule has 0 saturated carbocycles. The molecule has 1 aliphatic heterocycles. The quantitative estimate of drug-likeness (QED) is 0.439. The van der Waals surface area contributed by atoms with E-state index in [9.17, 15) is 18.8 Å². The third-order valence-corrected chi connectivity index (χ3v) is 5.48. The lowest BCUT2D eigenvalue weighted by Gasteiger charge is -2.28. The van der Waals surface area contributed by atoms with Crippen LogP contribution in [0, 0.1) is 5.82 Å². The molecule has 0 radical (unpaired) electrons. The van der Waals surface area contributed by atoms with Gasteiger partial charge in [-0.15, -0.1) is 0 Å². The number of benzene rings is 2. The SMILES string of the molecule is CN1C(=O)C(=Cc2cc(Br)c(OCc3ccccc3F)c(Br)c2)C(=O)N(C)C1=O. The summed E-state index contributed by atoms with van der Waals surface area (Å²) >= 11 is 6.79. The maximum absolute atomic E-state index is 13.8. The molecule has 0 unspecified atom stereocenters. The van der Waals surface area contributed by atoms with Crippen molar-refractivity contribution in [2.45, 2.75) is 6.61 Å². The summed E-state index contributed by atoms with van der Waals surface area (Å²) in [4.78, 5) is 38.3. The van der Waals surface area contributed by atoms with Crippen molar-refractivity contribution >= 4 is 55.8 Å². The normalized spacial score (nSPS) is 14.5. The molecule has 1 fully saturated rings. The van der Waals surface area contributed by atoms with Crippen LogP contribution in [-0.4, -0.2) is 41.7 Å². The van der Waals surface area contributed by atoms with Gasteiger partial charge in [0.1, 0.15) is 23.7 Å². The van der Waals surface area contributed by atoms with Crippen LogP contribution in [0.3, 0.4) is 0 Å². The van der Waals surface area contributed by atoms with Crippen molar-refractivity contribution in [3.05, 3.63) is 67.9 Å². The highest BCUT2D eigenvalue weighted by Gasteiger charge is 2.37. The third-order valence-electron chi connectivity index (χ3n) is 4.31. The minimum atomic E-state index is -0.684. The summed E-state index contributed by atoms with van der Waals surface area (Å²) in [5.41, 5.74) is 0.815. The molecular weight excluding hydrogens is 511 g/mol. The Morgan fingerprint density at radius 2 is 1.55 bits per heavy atom. The number of nitrogens with zero attached hydrogens (tertiary/aromatic N) is 2. The number of halogens is 3. The minimum Gasteiger partial charge on any atom is -0.486 e. The Balaban J connectivity index is 1.88. The van der Waals surface area contributed by atoms with E-state index in [0.717, 1.165) is 9.80 Å². The van der Waals surface area contributed by atoms with Crippen LogP contribution in [0.15, 0.2) is 50.9 Å². The molecule has 1 saturated heterocycles. The smallest absolute Gasteiger partial charge is 0.333 e. The molecule has 9 heteroatoms. The Labute approximate surface area is 183 Å². The third kappa shape index (κ3) is 4.25. The number of amides is 4. The Morgan fingerprint density at radius 3 is 2.10 bits per heavy atom. The van der Waals surface area contributed by atoms with E-state index in [2.05, 4.69) is 31.9 Å². The van der Waals surface area contributed by atoms with Gasteiger partial charge in [-0.1, -0.05) is 18.2 Å². The zero-order valence-electron chi connectivity index (χ0n) is 15.4. The molecule has 4 amide bonds. The summed E-state index contributed by atoms with van der Waals surface area (Å²) in [5.74, 6) is -1.27. The zero-order valence-corrected chi connectivity index (χ0v) is 18.6. The van der Waals surface area contributed by atoms with E-state index in [0.29, 0.717) is 25.8 Å². The van der Waals surface area contributed by atoms with Gasteiger partial charge in [0, 0.05) is 19.7 Å². The molecule has 0 atom stereocenters. The Bertz CT molecular complexity index is 1010. The monoisotopic (exact) mass is 524 g/mol. The van der Waals surface area contributed by atoms with Crippen LogP contribution in [0.5, 0.6) is 5.75 Å². The maximum Gasteiger partial charge on any atom is 0.333 e. The molecule has 0 spiro atoms. The van der Waals surface area contributed by atoms with E-state index >= 15 is 0 Å². The van der Waals surface area contributed by atoms with Gasteiger partial charge in [-0.25, -0.2) is 9.18 Å². The number of hydrogen-bond donors (Lipinski definition) is 0. The highest BCUT2D eigenvalue weighted by molar-refractivity contribution is 9.11. The summed E-state index contributed by atoms with van der Waals surface area (Å²) < 4.78 is 20.6. The summed E-state index contributed by atoms with van der Waals surface area (Å²) in [5, 5.41) is 0. The minimum absolute atomic E-state index is 0.0268. The van der Waals surface area contributed by atoms with Crippen LogP contribution >= 0.6 is 31.9 Å². The van der Waals surface area contributed by atoms with Gasteiger partial charge in [-0.3, -0.25) is 19.4 Å². The molecule has 2 aromatic carbocycles. The number of barbiturate groups is 1. The molecule has 150 valence electrons. The Kier molecular flexibility index (Phi) is 6.18. The van der Waals surface area contributed by atoms with E-state index in [1.54, 1.807) is 30.3 Å². The van der Waals surface area contributed by atoms with Crippen molar-refractivity contribution in [2.24, 2.45) is 0 Å². The van der Waals surface area contributed by atoms with Crippen molar-refractivity contribution in [1.29, 1.82) is 0 Å². The van der Waals surface area contributed by atoms with Crippen molar-refractivity contribution < 1.29 is 23.5 Å². The lowest BCUT2D eigenvalue weighted by atomic mass is 10.1. The van der Waals surface area contributed by atoms with E-state index in [-0.39, 0.29) is 18.0 Å². The van der Waals surface area contributed by atoms with Crippen molar-refractivity contribution in [3.8, 4) is 5.75 Å². The number of rotatable bonds is 4. The first-order chi connectivity index (χ1) is 13.7. The van der Waals surface area contributed by atoms with Crippen LogP contribution in [0.2, 0.25) is 0 Å². The molecule has 0 aliphatic carbocycles. The van der Waals surface area contributed by atoms with Crippen molar-refractivity contribution in [3.63, 3.8) is 0 Å². The predicted octanol–water partition coefficient (Wildman–Crippen LogP) is 4.36. The topological polar surface area (TPSA) is 66.9 Å². The molecule has 0 bridgehead atoms. The fraction of sp³-hybridized carbons (Fsp3) is 0.150. The number of carbonyl (C=O) groups is 3. The van der Waals surface area contributed by atoms with E-state index < -0.39 is 17.8 Å². The van der Waals surface area contributed by atoms with Crippen LogP contribution < -0.4 is 4.74 Å². The number of imide groups is 2.